The number of nitrogens with one attached hydrogen (secondary N) is 1. The van der Waals surface area contributed by atoms with Gasteiger partial charge in [0.15, 0.2) is 0 Å². The molecule has 7 N–H and O–H groups in total. The minimum atomic E-state index is -0.653. The van der Waals surface area contributed by atoms with Crippen molar-refractivity contribution in [3.8, 4) is 5.75 Å². The van der Waals surface area contributed by atoms with E-state index >= 15 is 0 Å². The van der Waals surface area contributed by atoms with Gasteiger partial charge in [0, 0.05) is 19.4 Å². The van der Waals surface area contributed by atoms with Crippen molar-refractivity contribution in [2.45, 2.75) is 83.3 Å². The van der Waals surface area contributed by atoms with Crippen LogP contribution in [-0.4, -0.2) is 59.8 Å². The Balaban J connectivity index is 2.05. The van der Waals surface area contributed by atoms with E-state index in [9.17, 15) is 19.2 Å². The molecule has 2 rings (SSSR count). The van der Waals surface area contributed by atoms with Crippen molar-refractivity contribution < 1.29 is 23.9 Å². The molecular formula is C26H40ClN5O5. The molecule has 1 saturated heterocycles. The minimum absolute atomic E-state index is 0.0526. The lowest BCUT2D eigenvalue weighted by atomic mass is 10.0. The van der Waals surface area contributed by atoms with Gasteiger partial charge in [-0.1, -0.05) is 37.6 Å². The van der Waals surface area contributed by atoms with E-state index in [0.717, 1.165) is 5.56 Å². The molecule has 1 aliphatic rings. The zero-order chi connectivity index (χ0) is 27.5. The predicted molar refractivity (Wildman–Crippen MR) is 142 cm³/mol. The van der Waals surface area contributed by atoms with Crippen molar-refractivity contribution in [2.24, 2.45) is 23.1 Å². The molecule has 10 nitrogen and oxygen atoms in total. The normalized spacial score (nSPS) is 16.9. The van der Waals surface area contributed by atoms with Gasteiger partial charge in [-0.15, -0.1) is 0 Å². The highest BCUT2D eigenvalue weighted by molar-refractivity contribution is 6.32. The number of ether oxygens (including phenoxy) is 1. The summed E-state index contributed by atoms with van der Waals surface area (Å²) < 4.78 is 5.93. The van der Waals surface area contributed by atoms with Crippen molar-refractivity contribution in [3.05, 3.63) is 28.8 Å². The number of nitrogens with zero attached hydrogens (tertiary/aromatic N) is 1. The first kappa shape index (κ1) is 30.4. The summed E-state index contributed by atoms with van der Waals surface area (Å²) >= 11 is 6.51. The second kappa shape index (κ2) is 14.8. The molecule has 11 heteroatoms. The highest BCUT2D eigenvalue weighted by Crippen LogP contribution is 2.29. The number of likely N-dealkylation sites (tertiary alicyclic amines) is 1. The molecule has 1 heterocycles. The largest absolute Gasteiger partial charge is 0.490 e. The van der Waals surface area contributed by atoms with Crippen LogP contribution < -0.4 is 27.3 Å². The lowest BCUT2D eigenvalue weighted by Crippen LogP contribution is -2.53. The van der Waals surface area contributed by atoms with Crippen LogP contribution in [0, 0.1) is 5.92 Å². The van der Waals surface area contributed by atoms with Gasteiger partial charge in [0.05, 0.1) is 17.1 Å². The van der Waals surface area contributed by atoms with Gasteiger partial charge in [-0.05, 0) is 56.1 Å². The maximum Gasteiger partial charge on any atom is 0.243 e. The van der Waals surface area contributed by atoms with Crippen molar-refractivity contribution in [3.63, 3.8) is 0 Å². The summed E-state index contributed by atoms with van der Waals surface area (Å²) in [4.78, 5) is 50.1. The number of hydrogen-bond donors (Lipinski definition) is 4. The van der Waals surface area contributed by atoms with Crippen LogP contribution in [0.4, 0.5) is 0 Å². The Hall–Kier alpha value is -2.85. The Bertz CT molecular complexity index is 957. The molecular weight excluding hydrogens is 498 g/mol. The molecule has 0 aromatic heterocycles. The summed E-state index contributed by atoms with van der Waals surface area (Å²) in [6.45, 7) is 4.52. The average molecular weight is 538 g/mol. The summed E-state index contributed by atoms with van der Waals surface area (Å²) in [5.74, 6) is -0.721. The molecule has 0 radical (unpaired) electrons. The van der Waals surface area contributed by atoms with Gasteiger partial charge < -0.3 is 32.2 Å². The van der Waals surface area contributed by atoms with Gasteiger partial charge in [0.25, 0.3) is 0 Å². The average Bonchev–Trinajstić information content (AvgIpc) is 3.31. The second-order valence-electron chi connectivity index (χ2n) is 10.00. The molecule has 0 spiro atoms. The van der Waals surface area contributed by atoms with Crippen molar-refractivity contribution >= 4 is 35.2 Å². The summed E-state index contributed by atoms with van der Waals surface area (Å²) in [5, 5.41) is 3.34. The first-order valence-electron chi connectivity index (χ1n) is 12.8. The third-order valence-corrected chi connectivity index (χ3v) is 6.75. The van der Waals surface area contributed by atoms with E-state index in [4.69, 9.17) is 33.5 Å². The van der Waals surface area contributed by atoms with Gasteiger partial charge in [-0.2, -0.15) is 0 Å². The highest BCUT2D eigenvalue weighted by atomic mass is 35.5. The number of hydrogen-bond acceptors (Lipinski definition) is 6. The number of carbonyl (C=O) groups is 4. The van der Waals surface area contributed by atoms with Gasteiger partial charge in [0.2, 0.25) is 23.6 Å². The SMILES string of the molecule is CC(C)C[C@H](N)C(=O)N1CCC[C@H]1C(=O)N[C@@H](CCC(N)=O)COc1cccc(CCCC(N)=O)c1Cl. The third-order valence-electron chi connectivity index (χ3n) is 6.32. The van der Waals surface area contributed by atoms with Crippen molar-refractivity contribution in [1.82, 2.24) is 10.2 Å². The van der Waals surface area contributed by atoms with Crippen LogP contribution in [0.1, 0.15) is 64.4 Å². The quantitative estimate of drug-likeness (QED) is 0.265. The number of aryl methyl sites for hydroxylation is 1. The van der Waals surface area contributed by atoms with Crippen LogP contribution in [0.3, 0.4) is 0 Å². The first-order chi connectivity index (χ1) is 17.5. The molecule has 4 amide bonds. The van der Waals surface area contributed by atoms with Crippen molar-refractivity contribution in [2.75, 3.05) is 13.2 Å². The smallest absolute Gasteiger partial charge is 0.243 e. The molecule has 37 heavy (non-hydrogen) atoms. The Labute approximate surface area is 223 Å². The topological polar surface area (TPSA) is 171 Å². The second-order valence-corrected chi connectivity index (χ2v) is 10.4. The summed E-state index contributed by atoms with van der Waals surface area (Å²) in [6, 6.07) is 3.54. The van der Waals surface area contributed by atoms with E-state index in [0.29, 0.717) is 49.4 Å². The lowest BCUT2D eigenvalue weighted by molar-refractivity contribution is -0.140. The Morgan fingerprint density at radius 1 is 1.16 bits per heavy atom. The van der Waals surface area contributed by atoms with Crippen molar-refractivity contribution in [1.29, 1.82) is 0 Å². The molecule has 1 fully saturated rings. The van der Waals surface area contributed by atoms with Crippen LogP contribution >= 0.6 is 11.6 Å². The number of primary amides is 2. The van der Waals surface area contributed by atoms with E-state index in [-0.39, 0.29) is 49.5 Å². The molecule has 3 atom stereocenters. The van der Waals surface area contributed by atoms with E-state index in [2.05, 4.69) is 5.32 Å². The zero-order valence-electron chi connectivity index (χ0n) is 21.7. The number of benzene rings is 1. The molecule has 1 aromatic carbocycles. The Morgan fingerprint density at radius 2 is 1.86 bits per heavy atom. The molecule has 0 aliphatic carbocycles. The van der Waals surface area contributed by atoms with Gasteiger partial charge in [-0.25, -0.2) is 0 Å². The summed E-state index contributed by atoms with van der Waals surface area (Å²) in [7, 11) is 0. The van der Waals surface area contributed by atoms with Crippen LogP contribution in [-0.2, 0) is 25.6 Å². The minimum Gasteiger partial charge on any atom is -0.490 e. The summed E-state index contributed by atoms with van der Waals surface area (Å²) in [5.41, 5.74) is 17.5. The van der Waals surface area contributed by atoms with Gasteiger partial charge in [0.1, 0.15) is 18.4 Å². The predicted octanol–water partition coefficient (Wildman–Crippen LogP) is 1.64. The molecule has 206 valence electrons. The third kappa shape index (κ3) is 9.85. The molecule has 0 saturated carbocycles. The van der Waals surface area contributed by atoms with Gasteiger partial charge >= 0.3 is 0 Å². The standard InChI is InChI=1S/C26H40ClN5O5/c1-16(2)14-19(28)26(36)32-13-5-8-20(32)25(35)31-18(11-12-23(30)34)15-37-21-9-3-6-17(24(21)27)7-4-10-22(29)33/h3,6,9,16,18-20H,4-5,7-8,10-15,28H2,1-2H3,(H2,29,33)(H2,30,34)(H,31,35)/t18-,19-,20-/m0/s1. The Kier molecular flexibility index (Phi) is 12.1. The first-order valence-corrected chi connectivity index (χ1v) is 13.2. The number of carbonyl (C=O) groups excluding carboxylic acids is 4. The molecule has 1 aromatic rings. The van der Waals surface area contributed by atoms with E-state index in [1.165, 1.54) is 0 Å². The van der Waals surface area contributed by atoms with E-state index < -0.39 is 24.0 Å². The lowest BCUT2D eigenvalue weighted by Gasteiger charge is -2.29. The monoisotopic (exact) mass is 537 g/mol. The van der Waals surface area contributed by atoms with E-state index in [1.807, 2.05) is 19.9 Å². The summed E-state index contributed by atoms with van der Waals surface area (Å²) in [6.07, 6.45) is 3.49. The fraction of sp³-hybridized carbons (Fsp3) is 0.615. The fourth-order valence-electron chi connectivity index (χ4n) is 4.44. The zero-order valence-corrected chi connectivity index (χ0v) is 22.5. The maximum absolute atomic E-state index is 13.2. The maximum atomic E-state index is 13.2. The molecule has 0 unspecified atom stereocenters. The fourth-order valence-corrected chi connectivity index (χ4v) is 4.72. The number of halogens is 1. The molecule has 1 aliphatic heterocycles. The highest BCUT2D eigenvalue weighted by Gasteiger charge is 2.37. The van der Waals surface area contributed by atoms with Crippen LogP contribution in [0.25, 0.3) is 0 Å². The van der Waals surface area contributed by atoms with Crippen LogP contribution in [0.5, 0.6) is 5.75 Å². The number of amides is 4. The van der Waals surface area contributed by atoms with Crippen LogP contribution in [0.15, 0.2) is 18.2 Å². The van der Waals surface area contributed by atoms with E-state index in [1.54, 1.807) is 17.0 Å². The molecule has 0 bridgehead atoms. The Morgan fingerprint density at radius 3 is 2.51 bits per heavy atom. The number of nitrogens with two attached hydrogens (primary N) is 3. The number of rotatable bonds is 15. The van der Waals surface area contributed by atoms with Crippen LogP contribution in [0.2, 0.25) is 5.02 Å². The van der Waals surface area contributed by atoms with Gasteiger partial charge in [-0.3, -0.25) is 19.2 Å².